The summed E-state index contributed by atoms with van der Waals surface area (Å²) in [7, 11) is -1.90. The van der Waals surface area contributed by atoms with E-state index in [-0.39, 0.29) is 6.10 Å². The first-order valence-electron chi connectivity index (χ1n) is 19.8. The van der Waals surface area contributed by atoms with Crippen LogP contribution in [0, 0.1) is 58.6 Å². The van der Waals surface area contributed by atoms with Gasteiger partial charge in [0, 0.05) is 5.02 Å². The summed E-state index contributed by atoms with van der Waals surface area (Å²) in [6, 6.07) is 15.3. The van der Waals surface area contributed by atoms with Crippen LogP contribution in [0.2, 0.25) is 5.02 Å². The molecule has 2 fully saturated rings. The highest BCUT2D eigenvalue weighted by atomic mass is 35.5. The number of aryl methyl sites for hydroxylation is 2. The van der Waals surface area contributed by atoms with Crippen molar-refractivity contribution in [2.45, 2.75) is 90.3 Å². The molecule has 2 aliphatic carbocycles. The van der Waals surface area contributed by atoms with E-state index < -0.39 is 47.5 Å². The van der Waals surface area contributed by atoms with E-state index in [0.29, 0.717) is 41.2 Å². The fraction of sp³-hybridized carbons (Fsp3) is 0.455. The molecule has 0 spiro atoms. The molecule has 4 aliphatic rings. The lowest BCUT2D eigenvalue weighted by Crippen LogP contribution is -2.33. The van der Waals surface area contributed by atoms with Gasteiger partial charge in [-0.15, -0.1) is 0 Å². The van der Waals surface area contributed by atoms with Crippen molar-refractivity contribution in [3.8, 4) is 11.1 Å². The normalized spacial score (nSPS) is 23.4. The zero-order chi connectivity index (χ0) is 40.8. The highest BCUT2D eigenvalue weighted by Gasteiger charge is 2.37. The van der Waals surface area contributed by atoms with E-state index in [9.17, 15) is 26.3 Å². The van der Waals surface area contributed by atoms with Gasteiger partial charge < -0.3 is 14.5 Å². The number of ether oxygens (including phenoxy) is 2. The molecule has 8 rings (SSSR count). The molecule has 6 atom stereocenters. The highest BCUT2D eigenvalue weighted by molar-refractivity contribution is 6.59. The number of hydrogen-bond donors (Lipinski definition) is 2. The Morgan fingerprint density at radius 1 is 0.667 bits per heavy atom. The van der Waals surface area contributed by atoms with Crippen molar-refractivity contribution in [2.24, 2.45) is 23.7 Å². The van der Waals surface area contributed by atoms with Gasteiger partial charge in [0.1, 0.15) is 0 Å². The van der Waals surface area contributed by atoms with Crippen LogP contribution in [-0.4, -0.2) is 30.6 Å². The third-order valence-corrected chi connectivity index (χ3v) is 11.9. The lowest BCUT2D eigenvalue weighted by Gasteiger charge is -2.40. The SMILES string of the molecule is CCCC1COC2c3ccc(-c4cc(F)c(F)c(F)c4)cc3CCC2C1.CCCC1COC2c3ccc(Cl)cc3CCC2C1.OOB(O)c1cc(F)c(F)c(F)c1. The zero-order valence-corrected chi connectivity index (χ0v) is 32.8. The van der Waals surface area contributed by atoms with E-state index in [2.05, 4.69) is 30.8 Å². The summed E-state index contributed by atoms with van der Waals surface area (Å²) in [5, 5.41) is 17.5. The summed E-state index contributed by atoms with van der Waals surface area (Å²) in [4.78, 5) is 3.39. The van der Waals surface area contributed by atoms with Crippen LogP contribution in [0.15, 0.2) is 60.7 Å². The Morgan fingerprint density at radius 3 is 1.63 bits per heavy atom. The molecule has 0 radical (unpaired) electrons. The van der Waals surface area contributed by atoms with E-state index in [1.54, 1.807) is 0 Å². The Hall–Kier alpha value is -3.39. The van der Waals surface area contributed by atoms with Crippen molar-refractivity contribution in [1.82, 2.24) is 0 Å². The highest BCUT2D eigenvalue weighted by Crippen LogP contribution is 2.46. The molecule has 0 bridgehead atoms. The van der Waals surface area contributed by atoms with E-state index in [1.165, 1.54) is 73.6 Å². The van der Waals surface area contributed by atoms with Gasteiger partial charge in [0.05, 0.1) is 25.4 Å². The van der Waals surface area contributed by atoms with E-state index in [0.717, 1.165) is 55.0 Å². The number of rotatable bonds is 7. The van der Waals surface area contributed by atoms with Crippen LogP contribution in [0.3, 0.4) is 0 Å². The molecular weight excluding hydrogens is 769 g/mol. The zero-order valence-electron chi connectivity index (χ0n) is 32.1. The van der Waals surface area contributed by atoms with Crippen LogP contribution >= 0.6 is 11.6 Å². The van der Waals surface area contributed by atoms with Gasteiger partial charge in [0.25, 0.3) is 0 Å². The fourth-order valence-corrected chi connectivity index (χ4v) is 9.16. The van der Waals surface area contributed by atoms with Crippen molar-refractivity contribution in [3.05, 3.63) is 123 Å². The molecular formula is C44H48BClF6O5. The van der Waals surface area contributed by atoms with Crippen LogP contribution in [0.25, 0.3) is 11.1 Å². The monoisotopic (exact) mass is 816 g/mol. The van der Waals surface area contributed by atoms with E-state index >= 15 is 0 Å². The molecule has 0 saturated carbocycles. The van der Waals surface area contributed by atoms with Gasteiger partial charge in [0.2, 0.25) is 0 Å². The van der Waals surface area contributed by atoms with Gasteiger partial charge in [-0.25, -0.2) is 26.3 Å². The number of fused-ring (bicyclic) bond motifs is 6. The maximum atomic E-state index is 13.6. The van der Waals surface area contributed by atoms with Crippen molar-refractivity contribution in [1.29, 1.82) is 0 Å². The summed E-state index contributed by atoms with van der Waals surface area (Å²) in [6.45, 7) is 6.23. The van der Waals surface area contributed by atoms with Crippen LogP contribution in [0.4, 0.5) is 26.3 Å². The van der Waals surface area contributed by atoms with E-state index in [1.807, 2.05) is 24.3 Å². The summed E-state index contributed by atoms with van der Waals surface area (Å²) in [6.07, 6.45) is 12.5. The van der Waals surface area contributed by atoms with Gasteiger partial charge in [-0.3, -0.25) is 10.1 Å². The van der Waals surface area contributed by atoms with Gasteiger partial charge in [-0.05, 0) is 150 Å². The smallest absolute Gasteiger partial charge is 0.422 e. The summed E-state index contributed by atoms with van der Waals surface area (Å²) in [5.41, 5.74) is 5.81. The number of benzene rings is 4. The molecule has 4 aromatic carbocycles. The average molecular weight is 817 g/mol. The Morgan fingerprint density at radius 2 is 1.14 bits per heavy atom. The Bertz CT molecular complexity index is 1960. The topological polar surface area (TPSA) is 68.2 Å². The minimum Gasteiger partial charge on any atom is -0.422 e. The molecule has 4 aromatic rings. The lowest BCUT2D eigenvalue weighted by atomic mass is 9.74. The second kappa shape index (κ2) is 19.6. The summed E-state index contributed by atoms with van der Waals surface area (Å²) in [5.74, 6) is -5.59. The molecule has 6 unspecified atom stereocenters. The average Bonchev–Trinajstić information content (AvgIpc) is 3.21. The van der Waals surface area contributed by atoms with Crippen molar-refractivity contribution in [2.75, 3.05) is 13.2 Å². The maximum absolute atomic E-state index is 13.6. The van der Waals surface area contributed by atoms with Crippen molar-refractivity contribution in [3.63, 3.8) is 0 Å². The third kappa shape index (κ3) is 10.3. The summed E-state index contributed by atoms with van der Waals surface area (Å²) < 4.78 is 90.0. The quantitative estimate of drug-likeness (QED) is 0.0639. The van der Waals surface area contributed by atoms with Crippen LogP contribution in [0.5, 0.6) is 0 Å². The molecule has 0 aromatic heterocycles. The lowest BCUT2D eigenvalue weighted by molar-refractivity contribution is -0.154. The second-order valence-electron chi connectivity index (χ2n) is 15.7. The third-order valence-electron chi connectivity index (χ3n) is 11.7. The minimum absolute atomic E-state index is 0.127. The molecule has 2 heterocycles. The van der Waals surface area contributed by atoms with Crippen LogP contribution in [0.1, 0.15) is 99.7 Å². The fourth-order valence-electron chi connectivity index (χ4n) is 8.97. The molecule has 57 heavy (non-hydrogen) atoms. The largest absolute Gasteiger partial charge is 0.522 e. The van der Waals surface area contributed by atoms with Crippen molar-refractivity contribution >= 4 is 24.2 Å². The predicted octanol–water partition coefficient (Wildman–Crippen LogP) is 11.3. The molecule has 2 saturated heterocycles. The molecule has 5 nitrogen and oxygen atoms in total. The molecule has 2 aliphatic heterocycles. The Labute approximate surface area is 335 Å². The molecule has 2 N–H and O–H groups in total. The van der Waals surface area contributed by atoms with Gasteiger partial charge in [-0.1, -0.05) is 62.6 Å². The molecule has 13 heteroatoms. The standard InChI is InChI=1S/C22H23F3O.C16H21ClO.C6H4BF3O3/c1-2-3-13-8-16-5-4-15-9-14(6-7-18(15)22(16)26-12-13)17-10-19(23)21(25)20(24)11-17;1-2-3-11-8-13-5-4-12-9-14(17)6-7-15(12)16(13)18-10-11;8-4-1-3(7(11)13-12)2-5(9)6(4)10/h6-7,9-11,13,16,22H,2-5,8,12H2,1H3;6-7,9,11,13,16H,2-5,8,10H2,1H3;1-2,11-12H. The first-order valence-corrected chi connectivity index (χ1v) is 20.2. The van der Waals surface area contributed by atoms with Gasteiger partial charge >= 0.3 is 7.12 Å². The van der Waals surface area contributed by atoms with Gasteiger partial charge in [-0.2, -0.15) is 0 Å². The van der Waals surface area contributed by atoms with Crippen LogP contribution < -0.4 is 5.46 Å². The van der Waals surface area contributed by atoms with Crippen molar-refractivity contribution < 1.29 is 50.9 Å². The first kappa shape index (κ1) is 43.2. The van der Waals surface area contributed by atoms with Crippen LogP contribution in [-0.2, 0) is 27.1 Å². The first-order chi connectivity index (χ1) is 27.4. The Kier molecular flexibility index (Phi) is 14.8. The minimum atomic E-state index is -1.90. The predicted molar refractivity (Wildman–Crippen MR) is 208 cm³/mol. The Balaban J connectivity index is 0.000000154. The number of hydrogen-bond acceptors (Lipinski definition) is 5. The number of halogens is 7. The molecule has 0 amide bonds. The van der Waals surface area contributed by atoms with E-state index in [4.69, 9.17) is 31.4 Å². The summed E-state index contributed by atoms with van der Waals surface area (Å²) >= 11 is 6.08. The second-order valence-corrected chi connectivity index (χ2v) is 16.1. The van der Waals surface area contributed by atoms with Gasteiger partial charge in [0.15, 0.2) is 34.9 Å². The molecule has 306 valence electrons. The maximum Gasteiger partial charge on any atom is 0.522 e.